The van der Waals surface area contributed by atoms with Crippen molar-refractivity contribution in [1.29, 1.82) is 0 Å². The molecule has 186 valence electrons. The Labute approximate surface area is 205 Å². The van der Waals surface area contributed by atoms with Crippen LogP contribution in [0.5, 0.6) is 0 Å². The van der Waals surface area contributed by atoms with E-state index >= 15 is 0 Å². The topological polar surface area (TPSA) is 76.5 Å². The van der Waals surface area contributed by atoms with E-state index in [1.54, 1.807) is 12.1 Å². The van der Waals surface area contributed by atoms with Crippen LogP contribution in [0.25, 0.3) is 0 Å². The zero-order chi connectivity index (χ0) is 25.3. The van der Waals surface area contributed by atoms with E-state index in [-0.39, 0.29) is 23.1 Å². The number of nitrogens with two attached hydrogens (primary N) is 1. The molecule has 0 aliphatic carbocycles. The number of nitrogen functional groups attached to an aromatic ring is 1. The van der Waals surface area contributed by atoms with Gasteiger partial charge in [0, 0.05) is 39.8 Å². The van der Waals surface area contributed by atoms with Crippen LogP contribution < -0.4 is 21.9 Å². The number of rotatable bonds is 6. The maximum absolute atomic E-state index is 14.4. The maximum Gasteiger partial charge on any atom is 0.332 e. The van der Waals surface area contributed by atoms with Gasteiger partial charge in [-0.2, -0.15) is 0 Å². The smallest absolute Gasteiger partial charge is 0.332 e. The minimum Gasteiger partial charge on any atom is -0.385 e. The van der Waals surface area contributed by atoms with Crippen LogP contribution in [-0.2, 0) is 13.6 Å². The van der Waals surface area contributed by atoms with E-state index in [1.165, 1.54) is 17.7 Å². The lowest BCUT2D eigenvalue weighted by Crippen LogP contribution is -2.51. The molecule has 0 saturated carbocycles. The summed E-state index contributed by atoms with van der Waals surface area (Å²) in [5.41, 5.74) is 8.83. The predicted octanol–water partition coefficient (Wildman–Crippen LogP) is 3.14. The Bertz CT molecular complexity index is 1320. The second-order valence-corrected chi connectivity index (χ2v) is 9.68. The number of hydrogen-bond acceptors (Lipinski definition) is 5. The highest BCUT2D eigenvalue weighted by Crippen LogP contribution is 2.33. The summed E-state index contributed by atoms with van der Waals surface area (Å²) in [4.78, 5) is 30.7. The molecule has 2 N–H and O–H groups in total. The quantitative estimate of drug-likeness (QED) is 0.588. The van der Waals surface area contributed by atoms with Crippen LogP contribution in [0.15, 0.2) is 58.1 Å². The van der Waals surface area contributed by atoms with E-state index in [2.05, 4.69) is 4.90 Å². The minimum absolute atomic E-state index is 0.182. The second kappa shape index (κ2) is 10.1. The molecule has 0 spiro atoms. The first kappa shape index (κ1) is 24.7. The van der Waals surface area contributed by atoms with E-state index in [4.69, 9.17) is 5.73 Å². The number of halogens is 1. The van der Waals surface area contributed by atoms with Crippen LogP contribution >= 0.6 is 0 Å². The zero-order valence-corrected chi connectivity index (χ0v) is 20.9. The molecule has 1 aliphatic rings. The third kappa shape index (κ3) is 4.75. The van der Waals surface area contributed by atoms with Crippen molar-refractivity contribution in [2.45, 2.75) is 33.4 Å². The van der Waals surface area contributed by atoms with Crippen LogP contribution in [0.1, 0.15) is 36.6 Å². The maximum atomic E-state index is 14.4. The number of aryl methyl sites for hydroxylation is 1. The van der Waals surface area contributed by atoms with Crippen molar-refractivity contribution < 1.29 is 4.39 Å². The third-order valence-electron chi connectivity index (χ3n) is 6.80. The average molecular weight is 480 g/mol. The first-order valence-electron chi connectivity index (χ1n) is 12.1. The second-order valence-electron chi connectivity index (χ2n) is 9.68. The number of hydrogen-bond donors (Lipinski definition) is 1. The van der Waals surface area contributed by atoms with Crippen molar-refractivity contribution in [2.75, 3.05) is 36.8 Å². The molecule has 0 unspecified atom stereocenters. The molecular weight excluding hydrogens is 445 g/mol. The van der Waals surface area contributed by atoms with E-state index in [1.807, 2.05) is 56.0 Å². The summed E-state index contributed by atoms with van der Waals surface area (Å²) < 4.78 is 17.1. The van der Waals surface area contributed by atoms with Crippen LogP contribution in [0.2, 0.25) is 0 Å². The summed E-state index contributed by atoms with van der Waals surface area (Å²) in [6, 6.07) is 14.3. The summed E-state index contributed by atoms with van der Waals surface area (Å²) in [5, 5.41) is 0. The molecule has 2 heterocycles. The van der Waals surface area contributed by atoms with Crippen molar-refractivity contribution in [3.8, 4) is 0 Å². The predicted molar refractivity (Wildman–Crippen MR) is 138 cm³/mol. The fourth-order valence-electron chi connectivity index (χ4n) is 4.96. The Morgan fingerprint density at radius 3 is 2.23 bits per heavy atom. The fraction of sp³-hybridized carbons (Fsp3) is 0.407. The van der Waals surface area contributed by atoms with Gasteiger partial charge >= 0.3 is 5.69 Å². The van der Waals surface area contributed by atoms with Crippen molar-refractivity contribution in [3.05, 3.63) is 91.9 Å². The molecule has 35 heavy (non-hydrogen) atoms. The molecule has 1 aromatic heterocycles. The number of aromatic nitrogens is 2. The first-order valence-corrected chi connectivity index (χ1v) is 12.1. The lowest BCUT2D eigenvalue weighted by atomic mass is 9.93. The van der Waals surface area contributed by atoms with Gasteiger partial charge in [-0.1, -0.05) is 50.2 Å². The third-order valence-corrected chi connectivity index (χ3v) is 6.80. The molecule has 7 nitrogen and oxygen atoms in total. The van der Waals surface area contributed by atoms with E-state index in [0.717, 1.165) is 15.7 Å². The molecule has 0 bridgehead atoms. The molecule has 0 radical (unpaired) electrons. The lowest BCUT2D eigenvalue weighted by Gasteiger charge is -2.41. The Balaban J connectivity index is 1.80. The fourth-order valence-corrected chi connectivity index (χ4v) is 4.96. The van der Waals surface area contributed by atoms with Crippen molar-refractivity contribution in [2.24, 2.45) is 13.0 Å². The highest BCUT2D eigenvalue weighted by atomic mass is 19.1. The Morgan fingerprint density at radius 1 is 0.971 bits per heavy atom. The Kier molecular flexibility index (Phi) is 7.12. The zero-order valence-electron chi connectivity index (χ0n) is 20.9. The first-order chi connectivity index (χ1) is 16.7. The standard InChI is InChI=1S/C27H34FN5O2/c1-18(2)17-33-25(29)23(26(34)30(4)27(33)35)24(20-10-6-5-9-19(20)3)32-15-13-31(14-16-32)22-12-8-7-11-21(22)28/h5-12,18,24H,13-17,29H2,1-4H3/t24-/m1/s1. The number of nitrogens with zero attached hydrogens (tertiary/aromatic N) is 4. The molecule has 1 fully saturated rings. The number of para-hydroxylation sites is 1. The van der Waals surface area contributed by atoms with Gasteiger partial charge in [0.05, 0.1) is 17.3 Å². The van der Waals surface area contributed by atoms with Gasteiger partial charge < -0.3 is 10.6 Å². The molecule has 1 saturated heterocycles. The Hall–Kier alpha value is -3.39. The van der Waals surface area contributed by atoms with Gasteiger partial charge in [-0.15, -0.1) is 0 Å². The Morgan fingerprint density at radius 2 is 1.60 bits per heavy atom. The highest BCUT2D eigenvalue weighted by Gasteiger charge is 2.33. The molecule has 2 aromatic carbocycles. The molecular formula is C27H34FN5O2. The molecule has 1 atom stereocenters. The summed E-state index contributed by atoms with van der Waals surface area (Å²) in [6.45, 7) is 8.90. The molecule has 0 amide bonds. The van der Waals surface area contributed by atoms with Crippen molar-refractivity contribution in [3.63, 3.8) is 0 Å². The molecule has 8 heteroatoms. The lowest BCUT2D eigenvalue weighted by molar-refractivity contribution is 0.209. The summed E-state index contributed by atoms with van der Waals surface area (Å²) >= 11 is 0. The summed E-state index contributed by atoms with van der Waals surface area (Å²) in [6.07, 6.45) is 0. The number of piperazine rings is 1. The molecule has 3 aromatic rings. The molecule has 1 aliphatic heterocycles. The minimum atomic E-state index is -0.420. The SMILES string of the molecule is Cc1ccccc1[C@H](c1c(N)n(CC(C)C)c(=O)n(C)c1=O)N1CCN(c2ccccc2F)CC1. The van der Waals surface area contributed by atoms with Crippen molar-refractivity contribution >= 4 is 11.5 Å². The highest BCUT2D eigenvalue weighted by molar-refractivity contribution is 5.50. The summed E-state index contributed by atoms with van der Waals surface area (Å²) in [7, 11) is 1.51. The number of anilines is 2. The van der Waals surface area contributed by atoms with Gasteiger partial charge in [-0.05, 0) is 36.1 Å². The monoisotopic (exact) mass is 479 g/mol. The normalized spacial score (nSPS) is 15.5. The van der Waals surface area contributed by atoms with Gasteiger partial charge in [0.15, 0.2) is 0 Å². The van der Waals surface area contributed by atoms with Crippen LogP contribution in [-0.4, -0.2) is 40.2 Å². The van der Waals surface area contributed by atoms with Gasteiger partial charge in [-0.25, -0.2) is 9.18 Å². The van der Waals surface area contributed by atoms with Gasteiger partial charge in [0.2, 0.25) is 0 Å². The largest absolute Gasteiger partial charge is 0.385 e. The van der Waals surface area contributed by atoms with Gasteiger partial charge in [0.25, 0.3) is 5.56 Å². The van der Waals surface area contributed by atoms with Crippen LogP contribution in [0, 0.1) is 18.7 Å². The van der Waals surface area contributed by atoms with Gasteiger partial charge in [0.1, 0.15) is 11.6 Å². The van der Waals surface area contributed by atoms with E-state index in [0.29, 0.717) is 44.0 Å². The average Bonchev–Trinajstić information content (AvgIpc) is 2.84. The summed E-state index contributed by atoms with van der Waals surface area (Å²) in [5.74, 6) is 0.161. The van der Waals surface area contributed by atoms with E-state index < -0.39 is 11.7 Å². The van der Waals surface area contributed by atoms with Crippen LogP contribution in [0.3, 0.4) is 0 Å². The van der Waals surface area contributed by atoms with Crippen LogP contribution in [0.4, 0.5) is 15.9 Å². The number of benzene rings is 2. The van der Waals surface area contributed by atoms with Gasteiger partial charge in [-0.3, -0.25) is 18.8 Å². The molecule has 4 rings (SSSR count). The van der Waals surface area contributed by atoms with E-state index in [9.17, 15) is 14.0 Å². The van der Waals surface area contributed by atoms with Crippen molar-refractivity contribution in [1.82, 2.24) is 14.0 Å².